The largest absolute Gasteiger partial charge is 0.337 e. The van der Waals surface area contributed by atoms with Gasteiger partial charge in [0.05, 0.1) is 0 Å². The van der Waals surface area contributed by atoms with Crippen molar-refractivity contribution < 1.29 is 4.79 Å². The fourth-order valence-electron chi connectivity index (χ4n) is 3.04. The van der Waals surface area contributed by atoms with Gasteiger partial charge in [0.25, 0.3) is 0 Å². The third kappa shape index (κ3) is 2.57. The summed E-state index contributed by atoms with van der Waals surface area (Å²) in [6, 6.07) is 1.07. The minimum Gasteiger partial charge on any atom is -0.337 e. The standard InChI is InChI=1S/C13H24N2O/c1-2-3-8-13(16)15-10-9-14-11-6-4-5-7-12(11)15/h11-12,14H,2-10H2,1H3. The van der Waals surface area contributed by atoms with Crippen molar-refractivity contribution in [3.05, 3.63) is 0 Å². The summed E-state index contributed by atoms with van der Waals surface area (Å²) in [5.74, 6) is 0.389. The molecule has 2 fully saturated rings. The summed E-state index contributed by atoms with van der Waals surface area (Å²) in [5.41, 5.74) is 0. The summed E-state index contributed by atoms with van der Waals surface area (Å²) >= 11 is 0. The number of hydrogen-bond donors (Lipinski definition) is 1. The number of hydrogen-bond acceptors (Lipinski definition) is 2. The van der Waals surface area contributed by atoms with E-state index in [4.69, 9.17) is 0 Å². The number of unbranched alkanes of at least 4 members (excludes halogenated alkanes) is 1. The number of nitrogens with zero attached hydrogens (tertiary/aromatic N) is 1. The van der Waals surface area contributed by atoms with Gasteiger partial charge in [-0.3, -0.25) is 4.79 Å². The Kier molecular flexibility index (Phi) is 4.22. The SMILES string of the molecule is CCCCC(=O)N1CCNC2CCCCC21. The number of carbonyl (C=O) groups is 1. The molecular weight excluding hydrogens is 200 g/mol. The third-order valence-electron chi connectivity index (χ3n) is 3.95. The van der Waals surface area contributed by atoms with E-state index < -0.39 is 0 Å². The van der Waals surface area contributed by atoms with Gasteiger partial charge < -0.3 is 10.2 Å². The molecule has 1 aliphatic carbocycles. The van der Waals surface area contributed by atoms with E-state index in [0.29, 0.717) is 18.0 Å². The molecule has 92 valence electrons. The van der Waals surface area contributed by atoms with Crippen LogP contribution in [0.2, 0.25) is 0 Å². The fraction of sp³-hybridized carbons (Fsp3) is 0.923. The monoisotopic (exact) mass is 224 g/mol. The van der Waals surface area contributed by atoms with Gasteiger partial charge in [0, 0.05) is 31.6 Å². The molecule has 1 amide bonds. The molecule has 1 N–H and O–H groups in total. The Labute approximate surface area is 98.6 Å². The van der Waals surface area contributed by atoms with E-state index in [2.05, 4.69) is 17.1 Å². The normalized spacial score (nSPS) is 29.9. The first-order valence-electron chi connectivity index (χ1n) is 6.85. The van der Waals surface area contributed by atoms with Crippen LogP contribution in [0.4, 0.5) is 0 Å². The van der Waals surface area contributed by atoms with Crippen molar-refractivity contribution in [3.8, 4) is 0 Å². The van der Waals surface area contributed by atoms with E-state index in [1.54, 1.807) is 0 Å². The fourth-order valence-corrected chi connectivity index (χ4v) is 3.04. The Bertz CT molecular complexity index is 240. The van der Waals surface area contributed by atoms with Gasteiger partial charge in [-0.05, 0) is 19.3 Å². The summed E-state index contributed by atoms with van der Waals surface area (Å²) in [4.78, 5) is 14.3. The second-order valence-electron chi connectivity index (χ2n) is 5.10. The van der Waals surface area contributed by atoms with E-state index >= 15 is 0 Å². The highest BCUT2D eigenvalue weighted by molar-refractivity contribution is 5.76. The lowest BCUT2D eigenvalue weighted by atomic mass is 9.87. The van der Waals surface area contributed by atoms with E-state index in [0.717, 1.165) is 32.4 Å². The molecule has 0 aromatic rings. The molecule has 1 heterocycles. The van der Waals surface area contributed by atoms with E-state index in [-0.39, 0.29) is 0 Å². The molecule has 0 spiro atoms. The van der Waals surface area contributed by atoms with Gasteiger partial charge in [-0.15, -0.1) is 0 Å². The number of fused-ring (bicyclic) bond motifs is 1. The predicted octanol–water partition coefficient (Wildman–Crippen LogP) is 1.92. The number of amides is 1. The lowest BCUT2D eigenvalue weighted by Gasteiger charge is -2.44. The van der Waals surface area contributed by atoms with Crippen molar-refractivity contribution in [3.63, 3.8) is 0 Å². The Balaban J connectivity index is 1.93. The third-order valence-corrected chi connectivity index (χ3v) is 3.95. The molecule has 0 bridgehead atoms. The zero-order valence-electron chi connectivity index (χ0n) is 10.4. The van der Waals surface area contributed by atoms with Crippen LogP contribution >= 0.6 is 0 Å². The minimum atomic E-state index is 0.389. The lowest BCUT2D eigenvalue weighted by Crippen LogP contribution is -2.60. The molecular formula is C13H24N2O. The number of piperazine rings is 1. The molecule has 3 heteroatoms. The molecule has 16 heavy (non-hydrogen) atoms. The van der Waals surface area contributed by atoms with Crippen molar-refractivity contribution in [1.29, 1.82) is 0 Å². The topological polar surface area (TPSA) is 32.3 Å². The highest BCUT2D eigenvalue weighted by Gasteiger charge is 2.34. The summed E-state index contributed by atoms with van der Waals surface area (Å²) in [7, 11) is 0. The first-order chi connectivity index (χ1) is 7.83. The zero-order chi connectivity index (χ0) is 11.4. The van der Waals surface area contributed by atoms with Crippen LogP contribution < -0.4 is 5.32 Å². The molecule has 0 aromatic heterocycles. The molecule has 3 nitrogen and oxygen atoms in total. The molecule has 0 aromatic carbocycles. The van der Waals surface area contributed by atoms with Crippen LogP contribution in [0.3, 0.4) is 0 Å². The quantitative estimate of drug-likeness (QED) is 0.794. The Morgan fingerprint density at radius 1 is 1.38 bits per heavy atom. The average molecular weight is 224 g/mol. The van der Waals surface area contributed by atoms with Crippen molar-refractivity contribution in [2.24, 2.45) is 0 Å². The number of nitrogens with one attached hydrogen (secondary N) is 1. The maximum Gasteiger partial charge on any atom is 0.222 e. The predicted molar refractivity (Wildman–Crippen MR) is 65.3 cm³/mol. The van der Waals surface area contributed by atoms with Crippen LogP contribution in [-0.4, -0.2) is 36.0 Å². The van der Waals surface area contributed by atoms with Gasteiger partial charge in [0.15, 0.2) is 0 Å². The van der Waals surface area contributed by atoms with Crippen LogP contribution in [0, 0.1) is 0 Å². The maximum atomic E-state index is 12.1. The van der Waals surface area contributed by atoms with Crippen LogP contribution in [0.15, 0.2) is 0 Å². The Hall–Kier alpha value is -0.570. The molecule has 0 radical (unpaired) electrons. The molecule has 1 saturated heterocycles. The van der Waals surface area contributed by atoms with Crippen molar-refractivity contribution in [1.82, 2.24) is 10.2 Å². The van der Waals surface area contributed by atoms with Crippen molar-refractivity contribution in [2.75, 3.05) is 13.1 Å². The molecule has 2 rings (SSSR count). The van der Waals surface area contributed by atoms with Crippen LogP contribution in [-0.2, 0) is 4.79 Å². The highest BCUT2D eigenvalue weighted by Crippen LogP contribution is 2.26. The summed E-state index contributed by atoms with van der Waals surface area (Å²) in [6.45, 7) is 4.05. The molecule has 2 atom stereocenters. The smallest absolute Gasteiger partial charge is 0.222 e. The molecule has 2 unspecified atom stereocenters. The first kappa shape index (κ1) is 11.9. The van der Waals surface area contributed by atoms with Gasteiger partial charge in [-0.25, -0.2) is 0 Å². The maximum absolute atomic E-state index is 12.1. The van der Waals surface area contributed by atoms with Crippen LogP contribution in [0.1, 0.15) is 51.9 Å². The first-order valence-corrected chi connectivity index (χ1v) is 6.85. The summed E-state index contributed by atoms with van der Waals surface area (Å²) < 4.78 is 0. The average Bonchev–Trinajstić information content (AvgIpc) is 2.35. The van der Waals surface area contributed by atoms with Gasteiger partial charge in [-0.1, -0.05) is 26.2 Å². The molecule has 1 aliphatic heterocycles. The second-order valence-corrected chi connectivity index (χ2v) is 5.10. The highest BCUT2D eigenvalue weighted by atomic mass is 16.2. The molecule has 1 saturated carbocycles. The number of rotatable bonds is 3. The summed E-state index contributed by atoms with van der Waals surface area (Å²) in [6.07, 6.45) is 7.98. The van der Waals surface area contributed by atoms with E-state index in [1.165, 1.54) is 25.7 Å². The van der Waals surface area contributed by atoms with E-state index in [9.17, 15) is 4.79 Å². The summed E-state index contributed by atoms with van der Waals surface area (Å²) in [5, 5.41) is 3.57. The lowest BCUT2D eigenvalue weighted by molar-refractivity contribution is -0.136. The Morgan fingerprint density at radius 3 is 3.00 bits per heavy atom. The van der Waals surface area contributed by atoms with Gasteiger partial charge in [0.1, 0.15) is 0 Å². The van der Waals surface area contributed by atoms with Gasteiger partial charge >= 0.3 is 0 Å². The van der Waals surface area contributed by atoms with Gasteiger partial charge in [-0.2, -0.15) is 0 Å². The minimum absolute atomic E-state index is 0.389. The Morgan fingerprint density at radius 2 is 2.19 bits per heavy atom. The van der Waals surface area contributed by atoms with Gasteiger partial charge in [0.2, 0.25) is 5.91 Å². The van der Waals surface area contributed by atoms with Crippen LogP contribution in [0.5, 0.6) is 0 Å². The van der Waals surface area contributed by atoms with Crippen molar-refractivity contribution in [2.45, 2.75) is 64.0 Å². The number of carbonyl (C=O) groups excluding carboxylic acids is 1. The zero-order valence-corrected chi connectivity index (χ0v) is 10.4. The van der Waals surface area contributed by atoms with Crippen LogP contribution in [0.25, 0.3) is 0 Å². The second kappa shape index (κ2) is 5.67. The van der Waals surface area contributed by atoms with E-state index in [1.807, 2.05) is 0 Å². The molecule has 2 aliphatic rings. The van der Waals surface area contributed by atoms with Crippen molar-refractivity contribution >= 4 is 5.91 Å².